The second-order valence-electron chi connectivity index (χ2n) is 5.49. The first kappa shape index (κ1) is 15.8. The molecule has 2 aromatic heterocycles. The highest BCUT2D eigenvalue weighted by Crippen LogP contribution is 2.14. The Hall–Kier alpha value is -3.09. The number of ketones is 1. The van der Waals surface area contributed by atoms with Crippen LogP contribution in [0.15, 0.2) is 48.8 Å². The first-order valence-corrected chi connectivity index (χ1v) is 7.71. The standard InChI is InChI=1S/C17H18N6O/c1-12(17-19-10-9-16(18)20-17)23-11-14(21-22-23)7-8-15(24)13-5-3-2-4-6-13/h2-6,9-12H,7-8H2,1H3,(H2,18,19,20). The lowest BCUT2D eigenvalue weighted by molar-refractivity contribution is 0.0982. The molecule has 0 aliphatic carbocycles. The van der Waals surface area contributed by atoms with E-state index in [9.17, 15) is 4.79 Å². The number of carbonyl (C=O) groups excluding carboxylic acids is 1. The quantitative estimate of drug-likeness (QED) is 0.697. The molecule has 7 nitrogen and oxygen atoms in total. The molecule has 0 bridgehead atoms. The average molecular weight is 322 g/mol. The molecule has 1 unspecified atom stereocenters. The van der Waals surface area contributed by atoms with Crippen LogP contribution in [0.25, 0.3) is 0 Å². The van der Waals surface area contributed by atoms with Gasteiger partial charge in [0.25, 0.3) is 0 Å². The Labute approximate surface area is 139 Å². The van der Waals surface area contributed by atoms with Gasteiger partial charge in [0.15, 0.2) is 11.6 Å². The van der Waals surface area contributed by atoms with Crippen LogP contribution in [0.1, 0.15) is 41.3 Å². The minimum absolute atomic E-state index is 0.0948. The molecule has 0 fully saturated rings. The molecule has 122 valence electrons. The number of nitrogens with two attached hydrogens (primary N) is 1. The van der Waals surface area contributed by atoms with Gasteiger partial charge in [-0.3, -0.25) is 4.79 Å². The molecule has 3 aromatic rings. The van der Waals surface area contributed by atoms with Crippen molar-refractivity contribution in [1.29, 1.82) is 0 Å². The van der Waals surface area contributed by atoms with Crippen molar-refractivity contribution in [3.63, 3.8) is 0 Å². The summed E-state index contributed by atoms with van der Waals surface area (Å²) < 4.78 is 1.68. The Kier molecular flexibility index (Phi) is 4.60. The van der Waals surface area contributed by atoms with Gasteiger partial charge >= 0.3 is 0 Å². The largest absolute Gasteiger partial charge is 0.384 e. The second-order valence-corrected chi connectivity index (χ2v) is 5.49. The molecule has 1 aromatic carbocycles. The van der Waals surface area contributed by atoms with E-state index >= 15 is 0 Å². The summed E-state index contributed by atoms with van der Waals surface area (Å²) in [5.41, 5.74) is 7.16. The summed E-state index contributed by atoms with van der Waals surface area (Å²) in [7, 11) is 0. The molecule has 0 amide bonds. The van der Waals surface area contributed by atoms with Crippen molar-refractivity contribution in [1.82, 2.24) is 25.0 Å². The molecule has 1 atom stereocenters. The monoisotopic (exact) mass is 322 g/mol. The van der Waals surface area contributed by atoms with Crippen LogP contribution in [-0.2, 0) is 6.42 Å². The topological polar surface area (TPSA) is 99.6 Å². The van der Waals surface area contributed by atoms with Crippen molar-refractivity contribution < 1.29 is 4.79 Å². The highest BCUT2D eigenvalue weighted by Gasteiger charge is 2.14. The predicted molar refractivity (Wildman–Crippen MR) is 89.4 cm³/mol. The lowest BCUT2D eigenvalue weighted by atomic mass is 10.1. The zero-order valence-corrected chi connectivity index (χ0v) is 13.3. The smallest absolute Gasteiger partial charge is 0.163 e. The van der Waals surface area contributed by atoms with Crippen LogP contribution >= 0.6 is 0 Å². The number of aromatic nitrogens is 5. The lowest BCUT2D eigenvalue weighted by Crippen LogP contribution is -2.12. The third-order valence-corrected chi connectivity index (χ3v) is 3.73. The molecule has 0 aliphatic rings. The summed E-state index contributed by atoms with van der Waals surface area (Å²) in [5.74, 6) is 1.09. The van der Waals surface area contributed by atoms with Crippen LogP contribution in [0.3, 0.4) is 0 Å². The minimum atomic E-state index is -0.181. The van der Waals surface area contributed by atoms with Crippen LogP contribution in [0, 0.1) is 0 Å². The Morgan fingerprint density at radius 3 is 2.79 bits per heavy atom. The van der Waals surface area contributed by atoms with Crippen molar-refractivity contribution in [3.05, 3.63) is 65.9 Å². The molecule has 7 heteroatoms. The maximum absolute atomic E-state index is 12.1. The number of benzene rings is 1. The fraction of sp³-hybridized carbons (Fsp3) is 0.235. The molecular weight excluding hydrogens is 304 g/mol. The van der Waals surface area contributed by atoms with Gasteiger partial charge in [-0.05, 0) is 13.0 Å². The van der Waals surface area contributed by atoms with E-state index in [1.165, 1.54) is 0 Å². The van der Waals surface area contributed by atoms with Crippen molar-refractivity contribution in [2.24, 2.45) is 0 Å². The second kappa shape index (κ2) is 6.99. The third kappa shape index (κ3) is 3.62. The number of rotatable bonds is 6. The number of hydrogen-bond donors (Lipinski definition) is 1. The molecule has 2 heterocycles. The SMILES string of the molecule is CC(c1nccc(N)n1)n1cc(CCC(=O)c2ccccc2)nn1. The first-order valence-electron chi connectivity index (χ1n) is 7.71. The summed E-state index contributed by atoms with van der Waals surface area (Å²) in [6.07, 6.45) is 4.37. The van der Waals surface area contributed by atoms with Gasteiger partial charge in [0.1, 0.15) is 11.9 Å². The lowest BCUT2D eigenvalue weighted by Gasteiger charge is -2.09. The number of carbonyl (C=O) groups is 1. The van der Waals surface area contributed by atoms with Gasteiger partial charge in [0, 0.05) is 30.8 Å². The molecule has 0 aliphatic heterocycles. The minimum Gasteiger partial charge on any atom is -0.384 e. The Morgan fingerprint density at radius 2 is 2.04 bits per heavy atom. The molecule has 3 rings (SSSR count). The fourth-order valence-electron chi connectivity index (χ4n) is 2.34. The summed E-state index contributed by atoms with van der Waals surface area (Å²) in [6.45, 7) is 1.92. The number of nitrogen functional groups attached to an aromatic ring is 1. The number of Topliss-reactive ketones (excluding diaryl/α,β-unsaturated/α-hetero) is 1. The van der Waals surface area contributed by atoms with Crippen LogP contribution in [0.2, 0.25) is 0 Å². The van der Waals surface area contributed by atoms with E-state index in [-0.39, 0.29) is 11.8 Å². The van der Waals surface area contributed by atoms with Crippen LogP contribution < -0.4 is 5.73 Å². The highest BCUT2D eigenvalue weighted by atomic mass is 16.1. The molecule has 0 saturated carbocycles. The maximum atomic E-state index is 12.1. The molecule has 2 N–H and O–H groups in total. The number of nitrogens with zero attached hydrogens (tertiary/aromatic N) is 5. The number of hydrogen-bond acceptors (Lipinski definition) is 6. The molecule has 0 spiro atoms. The van der Waals surface area contributed by atoms with Gasteiger partial charge in [-0.25, -0.2) is 14.6 Å². The summed E-state index contributed by atoms with van der Waals surface area (Å²) in [6, 6.07) is 10.7. The molecule has 24 heavy (non-hydrogen) atoms. The van der Waals surface area contributed by atoms with Crippen LogP contribution in [-0.4, -0.2) is 30.7 Å². The van der Waals surface area contributed by atoms with E-state index in [0.29, 0.717) is 30.0 Å². The van der Waals surface area contributed by atoms with Gasteiger partial charge < -0.3 is 5.73 Å². The summed E-state index contributed by atoms with van der Waals surface area (Å²) >= 11 is 0. The van der Waals surface area contributed by atoms with Crippen LogP contribution in [0.5, 0.6) is 0 Å². The first-order chi connectivity index (χ1) is 11.6. The van der Waals surface area contributed by atoms with Crippen molar-refractivity contribution in [2.75, 3.05) is 5.73 Å². The Morgan fingerprint density at radius 1 is 1.25 bits per heavy atom. The van der Waals surface area contributed by atoms with Gasteiger partial charge in [0.05, 0.1) is 5.69 Å². The van der Waals surface area contributed by atoms with Gasteiger partial charge in [0.2, 0.25) is 0 Å². The normalized spacial score (nSPS) is 12.0. The van der Waals surface area contributed by atoms with E-state index in [4.69, 9.17) is 5.73 Å². The number of aryl methyl sites for hydroxylation is 1. The van der Waals surface area contributed by atoms with Crippen molar-refractivity contribution in [2.45, 2.75) is 25.8 Å². The fourth-order valence-corrected chi connectivity index (χ4v) is 2.34. The Balaban J connectivity index is 1.64. The zero-order chi connectivity index (χ0) is 16.9. The molecular formula is C17H18N6O. The maximum Gasteiger partial charge on any atom is 0.163 e. The molecule has 0 radical (unpaired) electrons. The van der Waals surface area contributed by atoms with Crippen LogP contribution in [0.4, 0.5) is 5.82 Å². The Bertz CT molecular complexity index is 830. The van der Waals surface area contributed by atoms with E-state index in [1.54, 1.807) is 16.9 Å². The van der Waals surface area contributed by atoms with E-state index in [2.05, 4.69) is 20.3 Å². The van der Waals surface area contributed by atoms with E-state index in [0.717, 1.165) is 5.69 Å². The predicted octanol–water partition coefficient (Wildman–Crippen LogP) is 2.08. The van der Waals surface area contributed by atoms with E-state index < -0.39 is 0 Å². The number of anilines is 1. The average Bonchev–Trinajstić information content (AvgIpc) is 3.09. The van der Waals surface area contributed by atoms with Crippen molar-refractivity contribution in [3.8, 4) is 0 Å². The van der Waals surface area contributed by atoms with E-state index in [1.807, 2.05) is 43.5 Å². The summed E-state index contributed by atoms with van der Waals surface area (Å²) in [5, 5.41) is 8.23. The van der Waals surface area contributed by atoms with Gasteiger partial charge in [-0.1, -0.05) is 35.5 Å². The molecule has 0 saturated heterocycles. The van der Waals surface area contributed by atoms with Gasteiger partial charge in [-0.2, -0.15) is 0 Å². The van der Waals surface area contributed by atoms with Gasteiger partial charge in [-0.15, -0.1) is 5.10 Å². The third-order valence-electron chi connectivity index (χ3n) is 3.73. The zero-order valence-electron chi connectivity index (χ0n) is 13.3. The summed E-state index contributed by atoms with van der Waals surface area (Å²) in [4.78, 5) is 20.5. The van der Waals surface area contributed by atoms with Crippen molar-refractivity contribution >= 4 is 11.6 Å². The highest BCUT2D eigenvalue weighted by molar-refractivity contribution is 5.96.